The van der Waals surface area contributed by atoms with Gasteiger partial charge in [0.15, 0.2) is 0 Å². The summed E-state index contributed by atoms with van der Waals surface area (Å²) in [5.74, 6) is 0.502. The molecule has 16 heavy (non-hydrogen) atoms. The molecule has 4 heteroatoms. The molecule has 1 amide bonds. The Bertz CT molecular complexity index is 251. The number of amides is 1. The predicted molar refractivity (Wildman–Crippen MR) is 62.0 cm³/mol. The van der Waals surface area contributed by atoms with Crippen molar-refractivity contribution in [2.24, 2.45) is 5.92 Å². The molecule has 2 aliphatic heterocycles. The van der Waals surface area contributed by atoms with E-state index in [1.54, 1.807) is 0 Å². The number of carbonyl (C=O) groups excluding carboxylic acids is 1. The fraction of sp³-hybridized carbons (Fsp3) is 0.917. The van der Waals surface area contributed by atoms with Crippen LogP contribution in [0.15, 0.2) is 0 Å². The van der Waals surface area contributed by atoms with E-state index in [4.69, 9.17) is 0 Å². The summed E-state index contributed by atoms with van der Waals surface area (Å²) in [5, 5.41) is 13.0. The third-order valence-electron chi connectivity index (χ3n) is 3.89. The van der Waals surface area contributed by atoms with Crippen LogP contribution in [0.4, 0.5) is 0 Å². The second-order valence-electron chi connectivity index (χ2n) is 4.96. The highest BCUT2D eigenvalue weighted by molar-refractivity contribution is 5.82. The lowest BCUT2D eigenvalue weighted by Gasteiger charge is -2.37. The molecule has 0 saturated carbocycles. The normalized spacial score (nSPS) is 35.4. The quantitative estimate of drug-likeness (QED) is 0.715. The van der Waals surface area contributed by atoms with Crippen LogP contribution in [0.25, 0.3) is 0 Å². The first-order valence-electron chi connectivity index (χ1n) is 6.42. The fourth-order valence-corrected chi connectivity index (χ4v) is 2.74. The van der Waals surface area contributed by atoms with Gasteiger partial charge in [-0.2, -0.15) is 0 Å². The number of likely N-dealkylation sites (tertiary alicyclic amines) is 1. The summed E-state index contributed by atoms with van der Waals surface area (Å²) in [6, 6.07) is 0.0350. The van der Waals surface area contributed by atoms with Crippen molar-refractivity contribution < 1.29 is 9.90 Å². The van der Waals surface area contributed by atoms with E-state index in [-0.39, 0.29) is 24.0 Å². The smallest absolute Gasteiger partial charge is 0.239 e. The van der Waals surface area contributed by atoms with Crippen molar-refractivity contribution in [3.8, 4) is 0 Å². The number of aliphatic hydroxyl groups is 1. The third-order valence-corrected chi connectivity index (χ3v) is 3.89. The molecule has 2 N–H and O–H groups in total. The average molecular weight is 226 g/mol. The van der Waals surface area contributed by atoms with Crippen molar-refractivity contribution in [2.45, 2.75) is 44.8 Å². The maximum absolute atomic E-state index is 12.2. The number of piperidine rings is 1. The molecular formula is C12H22N2O2. The van der Waals surface area contributed by atoms with Crippen molar-refractivity contribution in [1.29, 1.82) is 0 Å². The number of hydrogen-bond acceptors (Lipinski definition) is 3. The van der Waals surface area contributed by atoms with Crippen LogP contribution in [0.2, 0.25) is 0 Å². The zero-order valence-electron chi connectivity index (χ0n) is 9.98. The highest BCUT2D eigenvalue weighted by Gasteiger charge is 2.33. The summed E-state index contributed by atoms with van der Waals surface area (Å²) in [5.41, 5.74) is 0. The van der Waals surface area contributed by atoms with Gasteiger partial charge in [-0.1, -0.05) is 6.92 Å². The Hall–Kier alpha value is -0.610. The van der Waals surface area contributed by atoms with Crippen LogP contribution in [0.1, 0.15) is 32.6 Å². The van der Waals surface area contributed by atoms with E-state index in [0.29, 0.717) is 6.54 Å². The molecule has 92 valence electrons. The summed E-state index contributed by atoms with van der Waals surface area (Å²) in [7, 11) is 0. The Kier molecular flexibility index (Phi) is 3.82. The highest BCUT2D eigenvalue weighted by atomic mass is 16.3. The number of rotatable bonds is 2. The second-order valence-corrected chi connectivity index (χ2v) is 4.96. The van der Waals surface area contributed by atoms with Gasteiger partial charge in [0.25, 0.3) is 0 Å². The minimum absolute atomic E-state index is 0.0350. The first-order chi connectivity index (χ1) is 7.72. The molecule has 0 aromatic carbocycles. The van der Waals surface area contributed by atoms with E-state index < -0.39 is 0 Å². The van der Waals surface area contributed by atoms with E-state index in [2.05, 4.69) is 12.2 Å². The Labute approximate surface area is 97.0 Å². The molecule has 0 bridgehead atoms. The standard InChI is InChI=1S/C12H22N2O2/c1-2-9-8-14(7-5-11(9)15)12(16)10-4-3-6-13-10/h9-11,13,15H,2-8H2,1H3. The van der Waals surface area contributed by atoms with E-state index in [1.807, 2.05) is 4.90 Å². The Balaban J connectivity index is 1.91. The van der Waals surface area contributed by atoms with Gasteiger partial charge >= 0.3 is 0 Å². The van der Waals surface area contributed by atoms with E-state index in [9.17, 15) is 9.90 Å². The topological polar surface area (TPSA) is 52.6 Å². The monoisotopic (exact) mass is 226 g/mol. The van der Waals surface area contributed by atoms with Gasteiger partial charge in [-0.25, -0.2) is 0 Å². The lowest BCUT2D eigenvalue weighted by molar-refractivity contribution is -0.136. The maximum atomic E-state index is 12.2. The lowest BCUT2D eigenvalue weighted by Crippen LogP contribution is -2.51. The summed E-state index contributed by atoms with van der Waals surface area (Å²) in [4.78, 5) is 14.1. The highest BCUT2D eigenvalue weighted by Crippen LogP contribution is 2.21. The molecule has 2 aliphatic rings. The fourth-order valence-electron chi connectivity index (χ4n) is 2.74. The zero-order chi connectivity index (χ0) is 11.5. The van der Waals surface area contributed by atoms with Gasteiger partial charge in [0.2, 0.25) is 5.91 Å². The minimum Gasteiger partial charge on any atom is -0.393 e. The largest absolute Gasteiger partial charge is 0.393 e. The van der Waals surface area contributed by atoms with Gasteiger partial charge in [-0.3, -0.25) is 4.79 Å². The number of nitrogens with one attached hydrogen (secondary N) is 1. The van der Waals surface area contributed by atoms with Crippen LogP contribution in [0.3, 0.4) is 0 Å². The average Bonchev–Trinajstić information content (AvgIpc) is 2.82. The Morgan fingerprint density at radius 2 is 2.31 bits per heavy atom. The molecule has 2 rings (SSSR count). The van der Waals surface area contributed by atoms with E-state index in [0.717, 1.165) is 38.8 Å². The summed E-state index contributed by atoms with van der Waals surface area (Å²) in [6.07, 6.45) is 3.53. The molecule has 0 spiro atoms. The molecule has 3 unspecified atom stereocenters. The van der Waals surface area contributed by atoms with Crippen molar-refractivity contribution in [1.82, 2.24) is 10.2 Å². The molecule has 2 fully saturated rings. The molecule has 0 aromatic heterocycles. The summed E-state index contributed by atoms with van der Waals surface area (Å²) in [6.45, 7) is 4.49. The lowest BCUT2D eigenvalue weighted by atomic mass is 9.92. The Morgan fingerprint density at radius 3 is 2.94 bits per heavy atom. The van der Waals surface area contributed by atoms with Gasteiger partial charge < -0.3 is 15.3 Å². The second kappa shape index (κ2) is 5.15. The Morgan fingerprint density at radius 1 is 1.50 bits per heavy atom. The van der Waals surface area contributed by atoms with Gasteiger partial charge in [0.05, 0.1) is 12.1 Å². The van der Waals surface area contributed by atoms with Crippen molar-refractivity contribution in [3.63, 3.8) is 0 Å². The van der Waals surface area contributed by atoms with Crippen LogP contribution < -0.4 is 5.32 Å². The SMILES string of the molecule is CCC1CN(C(=O)C2CCCN2)CCC1O. The molecule has 0 aliphatic carbocycles. The molecular weight excluding hydrogens is 204 g/mol. The molecule has 2 heterocycles. The zero-order valence-corrected chi connectivity index (χ0v) is 9.98. The predicted octanol–water partition coefficient (Wildman–Crippen LogP) is 0.358. The molecule has 0 radical (unpaired) electrons. The summed E-state index contributed by atoms with van der Waals surface area (Å²) >= 11 is 0. The van der Waals surface area contributed by atoms with Crippen molar-refractivity contribution >= 4 is 5.91 Å². The van der Waals surface area contributed by atoms with Crippen LogP contribution in [-0.2, 0) is 4.79 Å². The van der Waals surface area contributed by atoms with Crippen LogP contribution >= 0.6 is 0 Å². The van der Waals surface area contributed by atoms with Gasteiger partial charge in [-0.15, -0.1) is 0 Å². The van der Waals surface area contributed by atoms with Gasteiger partial charge in [0, 0.05) is 19.0 Å². The van der Waals surface area contributed by atoms with E-state index in [1.165, 1.54) is 0 Å². The molecule has 0 aromatic rings. The van der Waals surface area contributed by atoms with Crippen LogP contribution in [-0.4, -0.2) is 47.7 Å². The number of aliphatic hydroxyl groups excluding tert-OH is 1. The van der Waals surface area contributed by atoms with Crippen molar-refractivity contribution in [2.75, 3.05) is 19.6 Å². The van der Waals surface area contributed by atoms with Gasteiger partial charge in [0.1, 0.15) is 0 Å². The third kappa shape index (κ3) is 2.38. The number of hydrogen-bond donors (Lipinski definition) is 2. The molecule has 4 nitrogen and oxygen atoms in total. The van der Waals surface area contributed by atoms with Crippen LogP contribution in [0, 0.1) is 5.92 Å². The molecule has 3 atom stereocenters. The molecule has 2 saturated heterocycles. The van der Waals surface area contributed by atoms with Crippen molar-refractivity contribution in [3.05, 3.63) is 0 Å². The van der Waals surface area contributed by atoms with Crippen LogP contribution in [0.5, 0.6) is 0 Å². The first kappa shape index (κ1) is 11.9. The number of carbonyl (C=O) groups is 1. The number of nitrogens with zero attached hydrogens (tertiary/aromatic N) is 1. The van der Waals surface area contributed by atoms with E-state index >= 15 is 0 Å². The first-order valence-corrected chi connectivity index (χ1v) is 6.42. The minimum atomic E-state index is -0.217. The van der Waals surface area contributed by atoms with Gasteiger partial charge in [-0.05, 0) is 32.2 Å². The maximum Gasteiger partial charge on any atom is 0.239 e. The summed E-state index contributed by atoms with van der Waals surface area (Å²) < 4.78 is 0.